The highest BCUT2D eigenvalue weighted by atomic mass is 35.5. The van der Waals surface area contributed by atoms with Crippen molar-refractivity contribution in [3.8, 4) is 11.5 Å². The lowest BCUT2D eigenvalue weighted by Crippen LogP contribution is -1.99. The number of hydrogen-bond donors (Lipinski definition) is 1. The van der Waals surface area contributed by atoms with E-state index >= 15 is 0 Å². The average molecular weight is 281 g/mol. The third kappa shape index (κ3) is 3.03. The van der Waals surface area contributed by atoms with Crippen LogP contribution in [-0.2, 0) is 0 Å². The molecule has 0 amide bonds. The van der Waals surface area contributed by atoms with E-state index in [2.05, 4.69) is 0 Å². The van der Waals surface area contributed by atoms with Crippen molar-refractivity contribution in [2.24, 2.45) is 0 Å². The van der Waals surface area contributed by atoms with E-state index in [0.29, 0.717) is 17.1 Å². The van der Waals surface area contributed by atoms with Crippen LogP contribution in [0.25, 0.3) is 0 Å². The molecule has 2 aromatic carbocycles. The van der Waals surface area contributed by atoms with E-state index in [4.69, 9.17) is 21.4 Å². The van der Waals surface area contributed by atoms with Gasteiger partial charge in [-0.3, -0.25) is 0 Å². The minimum absolute atomic E-state index is 0.0183. The van der Waals surface area contributed by atoms with Crippen molar-refractivity contribution in [3.05, 3.63) is 58.4 Å². The number of carbonyl (C=O) groups is 1. The van der Waals surface area contributed by atoms with E-state index in [1.807, 2.05) is 0 Å². The van der Waals surface area contributed by atoms with Gasteiger partial charge in [0, 0.05) is 6.07 Å². The first-order chi connectivity index (χ1) is 8.97. The first-order valence-corrected chi connectivity index (χ1v) is 5.82. The van der Waals surface area contributed by atoms with Crippen LogP contribution in [0.3, 0.4) is 0 Å². The summed E-state index contributed by atoms with van der Waals surface area (Å²) in [6, 6.07) is 8.64. The van der Waals surface area contributed by atoms with Crippen LogP contribution in [0.4, 0.5) is 4.39 Å². The lowest BCUT2D eigenvalue weighted by atomic mass is 10.1. The lowest BCUT2D eigenvalue weighted by molar-refractivity contribution is 0.0696. The molecule has 2 aromatic rings. The Hall–Kier alpha value is -2.07. The molecular weight excluding hydrogens is 271 g/mol. The second-order valence-electron chi connectivity index (χ2n) is 3.96. The molecule has 5 heteroatoms. The van der Waals surface area contributed by atoms with Crippen LogP contribution < -0.4 is 4.74 Å². The van der Waals surface area contributed by atoms with Crippen LogP contribution in [0.5, 0.6) is 11.5 Å². The number of halogens is 2. The zero-order valence-electron chi connectivity index (χ0n) is 9.98. The van der Waals surface area contributed by atoms with Crippen LogP contribution in [0, 0.1) is 12.7 Å². The van der Waals surface area contributed by atoms with Crippen LogP contribution in [0.15, 0.2) is 36.4 Å². The van der Waals surface area contributed by atoms with Gasteiger partial charge in [-0.25, -0.2) is 9.18 Å². The zero-order chi connectivity index (χ0) is 14.0. The second-order valence-corrected chi connectivity index (χ2v) is 4.37. The van der Waals surface area contributed by atoms with E-state index < -0.39 is 11.8 Å². The number of benzene rings is 2. The number of carboxylic acid groups (broad SMARTS) is 1. The molecule has 1 N–H and O–H groups in total. The summed E-state index contributed by atoms with van der Waals surface area (Å²) >= 11 is 5.57. The Morgan fingerprint density at radius 1 is 1.21 bits per heavy atom. The van der Waals surface area contributed by atoms with Crippen molar-refractivity contribution >= 4 is 17.6 Å². The van der Waals surface area contributed by atoms with Gasteiger partial charge in [0.2, 0.25) is 0 Å². The number of rotatable bonds is 3. The molecule has 0 radical (unpaired) electrons. The lowest BCUT2D eigenvalue weighted by Gasteiger charge is -2.08. The number of hydrogen-bond acceptors (Lipinski definition) is 2. The minimum atomic E-state index is -0.999. The Balaban J connectivity index is 2.26. The fourth-order valence-electron chi connectivity index (χ4n) is 1.62. The van der Waals surface area contributed by atoms with Crippen LogP contribution >= 0.6 is 11.6 Å². The number of aryl methyl sites for hydroxylation is 1. The number of aromatic carboxylic acids is 1. The monoisotopic (exact) mass is 280 g/mol. The summed E-state index contributed by atoms with van der Waals surface area (Å²) in [5.41, 5.74) is 0.772. The summed E-state index contributed by atoms with van der Waals surface area (Å²) in [7, 11) is 0. The van der Waals surface area contributed by atoms with E-state index in [-0.39, 0.29) is 10.6 Å². The molecule has 0 unspecified atom stereocenters. The highest BCUT2D eigenvalue weighted by Gasteiger charge is 2.09. The molecule has 0 bridgehead atoms. The standard InChI is InChI=1S/C14H10ClFO3/c1-8-6-9(2-4-11(8)14(17)18)19-10-3-5-12(15)13(16)7-10/h2-7H,1H3,(H,17,18). The van der Waals surface area contributed by atoms with Crippen molar-refractivity contribution in [1.82, 2.24) is 0 Å². The maximum atomic E-state index is 13.2. The SMILES string of the molecule is Cc1cc(Oc2ccc(Cl)c(F)c2)ccc1C(=O)O. The molecule has 0 aliphatic rings. The second kappa shape index (κ2) is 5.28. The fourth-order valence-corrected chi connectivity index (χ4v) is 1.73. The average Bonchev–Trinajstić information content (AvgIpc) is 2.33. The van der Waals surface area contributed by atoms with Crippen molar-refractivity contribution in [1.29, 1.82) is 0 Å². The highest BCUT2D eigenvalue weighted by molar-refractivity contribution is 6.30. The van der Waals surface area contributed by atoms with Crippen LogP contribution in [-0.4, -0.2) is 11.1 Å². The molecule has 0 heterocycles. The number of ether oxygens (including phenoxy) is 1. The van der Waals surface area contributed by atoms with Crippen LogP contribution in [0.2, 0.25) is 5.02 Å². The summed E-state index contributed by atoms with van der Waals surface area (Å²) in [5, 5.41) is 8.93. The zero-order valence-corrected chi connectivity index (χ0v) is 10.7. The predicted molar refractivity (Wildman–Crippen MR) is 69.6 cm³/mol. The van der Waals surface area contributed by atoms with E-state index in [9.17, 15) is 9.18 Å². The number of carboxylic acids is 1. The molecule has 3 nitrogen and oxygen atoms in total. The van der Waals surface area contributed by atoms with Crippen molar-refractivity contribution in [3.63, 3.8) is 0 Å². The molecule has 0 aromatic heterocycles. The van der Waals surface area contributed by atoms with E-state index in [0.717, 1.165) is 0 Å². The van der Waals surface area contributed by atoms with Crippen molar-refractivity contribution in [2.45, 2.75) is 6.92 Å². The Labute approximate surface area is 114 Å². The molecule has 0 spiro atoms. The van der Waals surface area contributed by atoms with Gasteiger partial charge in [0.25, 0.3) is 0 Å². The van der Waals surface area contributed by atoms with Gasteiger partial charge in [-0.05, 0) is 42.8 Å². The Kier molecular flexibility index (Phi) is 3.71. The van der Waals surface area contributed by atoms with Gasteiger partial charge in [-0.1, -0.05) is 11.6 Å². The molecule has 2 rings (SSSR count). The van der Waals surface area contributed by atoms with Gasteiger partial charge in [0.1, 0.15) is 17.3 Å². The summed E-state index contributed by atoms with van der Waals surface area (Å²) in [5.74, 6) is -0.840. The largest absolute Gasteiger partial charge is 0.478 e. The summed E-state index contributed by atoms with van der Waals surface area (Å²) in [6.45, 7) is 1.67. The Morgan fingerprint density at radius 2 is 1.84 bits per heavy atom. The highest BCUT2D eigenvalue weighted by Crippen LogP contribution is 2.26. The topological polar surface area (TPSA) is 46.5 Å². The summed E-state index contributed by atoms with van der Waals surface area (Å²) in [6.07, 6.45) is 0. The summed E-state index contributed by atoms with van der Waals surface area (Å²) < 4.78 is 18.7. The Bertz CT molecular complexity index is 641. The van der Waals surface area contributed by atoms with Crippen molar-refractivity contribution in [2.75, 3.05) is 0 Å². The van der Waals surface area contributed by atoms with E-state index in [1.165, 1.54) is 30.3 Å². The normalized spacial score (nSPS) is 10.3. The smallest absolute Gasteiger partial charge is 0.335 e. The van der Waals surface area contributed by atoms with Gasteiger partial charge in [-0.2, -0.15) is 0 Å². The molecule has 0 atom stereocenters. The maximum absolute atomic E-state index is 13.2. The van der Waals surface area contributed by atoms with Gasteiger partial charge in [-0.15, -0.1) is 0 Å². The van der Waals surface area contributed by atoms with Gasteiger partial charge in [0.05, 0.1) is 10.6 Å². The summed E-state index contributed by atoms with van der Waals surface area (Å²) in [4.78, 5) is 10.9. The molecular formula is C14H10ClFO3. The maximum Gasteiger partial charge on any atom is 0.335 e. The van der Waals surface area contributed by atoms with Gasteiger partial charge >= 0.3 is 5.97 Å². The van der Waals surface area contributed by atoms with E-state index in [1.54, 1.807) is 13.0 Å². The molecule has 0 fully saturated rings. The van der Waals surface area contributed by atoms with Crippen molar-refractivity contribution < 1.29 is 19.0 Å². The fraction of sp³-hybridized carbons (Fsp3) is 0.0714. The third-order valence-electron chi connectivity index (χ3n) is 2.56. The first kappa shape index (κ1) is 13.4. The minimum Gasteiger partial charge on any atom is -0.478 e. The molecule has 0 aliphatic heterocycles. The molecule has 0 saturated carbocycles. The van der Waals surface area contributed by atoms with Gasteiger partial charge < -0.3 is 9.84 Å². The molecule has 0 aliphatic carbocycles. The third-order valence-corrected chi connectivity index (χ3v) is 2.86. The molecule has 98 valence electrons. The Morgan fingerprint density at radius 3 is 2.42 bits per heavy atom. The first-order valence-electron chi connectivity index (χ1n) is 5.44. The van der Waals surface area contributed by atoms with Crippen LogP contribution in [0.1, 0.15) is 15.9 Å². The molecule has 0 saturated heterocycles. The molecule has 19 heavy (non-hydrogen) atoms. The van der Waals surface area contributed by atoms with Gasteiger partial charge in [0.15, 0.2) is 0 Å². The predicted octanol–water partition coefficient (Wildman–Crippen LogP) is 4.28. The quantitative estimate of drug-likeness (QED) is 0.913.